The van der Waals surface area contributed by atoms with Crippen LogP contribution >= 0.6 is 0 Å². The Kier molecular flexibility index (Phi) is 5.56. The molecule has 0 saturated carbocycles. The third-order valence-electron chi connectivity index (χ3n) is 5.71. The number of benzene rings is 2. The van der Waals surface area contributed by atoms with Gasteiger partial charge in [-0.25, -0.2) is 9.36 Å². The summed E-state index contributed by atoms with van der Waals surface area (Å²) in [6, 6.07) is 10.3. The lowest BCUT2D eigenvalue weighted by molar-refractivity contribution is 0.352. The minimum absolute atomic E-state index is 0.0762. The molecule has 1 atom stereocenters. The van der Waals surface area contributed by atoms with Gasteiger partial charge in [0, 0.05) is 6.54 Å². The largest absolute Gasteiger partial charge is 0.494 e. The molecule has 0 bridgehead atoms. The van der Waals surface area contributed by atoms with Gasteiger partial charge in [0.2, 0.25) is 5.88 Å². The van der Waals surface area contributed by atoms with Gasteiger partial charge in [-0.05, 0) is 53.8 Å². The number of nitrogens with zero attached hydrogens (tertiary/aromatic N) is 1. The van der Waals surface area contributed by atoms with Crippen LogP contribution in [-0.4, -0.2) is 35.4 Å². The van der Waals surface area contributed by atoms with Crippen LogP contribution in [0, 0.1) is 0 Å². The van der Waals surface area contributed by atoms with E-state index in [1.807, 2.05) is 25.1 Å². The van der Waals surface area contributed by atoms with Gasteiger partial charge in [-0.2, -0.15) is 0 Å². The van der Waals surface area contributed by atoms with Crippen molar-refractivity contribution in [3.05, 3.63) is 79.5 Å². The molecule has 0 radical (unpaired) electrons. The van der Waals surface area contributed by atoms with E-state index in [9.17, 15) is 14.7 Å². The molecule has 3 aromatic rings. The lowest BCUT2D eigenvalue weighted by atomic mass is 9.90. The van der Waals surface area contributed by atoms with Gasteiger partial charge in [-0.15, -0.1) is 0 Å². The molecule has 162 valence electrons. The standard InChI is InChI=1S/C23H25N3O5/c1-4-13-5-7-15(8-6-13)26-22(28)19(21(27)25-23(26)29)20-16-12-18(31-3)17(30-2)11-14(16)9-10-24-20/h5-8,11-12,20,24,28H,4,9-10H2,1-3H3,(H,25,27,29). The normalized spacial score (nSPS) is 15.4. The predicted octanol–water partition coefficient (Wildman–Crippen LogP) is 2.05. The quantitative estimate of drug-likeness (QED) is 0.580. The van der Waals surface area contributed by atoms with Crippen molar-refractivity contribution in [2.45, 2.75) is 25.8 Å². The number of nitrogens with one attached hydrogen (secondary N) is 2. The van der Waals surface area contributed by atoms with Crippen LogP contribution in [-0.2, 0) is 12.8 Å². The van der Waals surface area contributed by atoms with Gasteiger partial charge in [0.1, 0.15) is 0 Å². The van der Waals surface area contributed by atoms with Crippen LogP contribution in [0.4, 0.5) is 0 Å². The topological polar surface area (TPSA) is 106 Å². The van der Waals surface area contributed by atoms with E-state index in [1.54, 1.807) is 32.4 Å². The van der Waals surface area contributed by atoms with Crippen LogP contribution in [0.2, 0.25) is 0 Å². The number of hydrogen-bond donors (Lipinski definition) is 3. The van der Waals surface area contributed by atoms with Crippen LogP contribution < -0.4 is 26.0 Å². The number of rotatable bonds is 5. The molecule has 0 spiro atoms. The van der Waals surface area contributed by atoms with E-state index in [2.05, 4.69) is 10.3 Å². The molecule has 8 heteroatoms. The lowest BCUT2D eigenvalue weighted by Gasteiger charge is -2.28. The fourth-order valence-corrected chi connectivity index (χ4v) is 4.06. The molecule has 3 N–H and O–H groups in total. The van der Waals surface area contributed by atoms with Gasteiger partial charge in [0.15, 0.2) is 11.5 Å². The zero-order valence-corrected chi connectivity index (χ0v) is 17.7. The lowest BCUT2D eigenvalue weighted by Crippen LogP contribution is -2.38. The Morgan fingerprint density at radius 3 is 2.42 bits per heavy atom. The first-order valence-electron chi connectivity index (χ1n) is 10.1. The van der Waals surface area contributed by atoms with E-state index in [1.165, 1.54) is 0 Å². The van der Waals surface area contributed by atoms with E-state index in [-0.39, 0.29) is 5.56 Å². The predicted molar refractivity (Wildman–Crippen MR) is 117 cm³/mol. The SMILES string of the molecule is CCc1ccc(-n2c(O)c(C3NCCc4cc(OC)c(OC)cc43)c(=O)[nH]c2=O)cc1. The molecule has 1 aliphatic heterocycles. The van der Waals surface area contributed by atoms with Crippen molar-refractivity contribution >= 4 is 0 Å². The maximum atomic E-state index is 12.8. The summed E-state index contributed by atoms with van der Waals surface area (Å²) in [7, 11) is 3.11. The average molecular weight is 423 g/mol. The molecule has 2 heterocycles. The summed E-state index contributed by atoms with van der Waals surface area (Å²) in [5.41, 5.74) is 2.09. The van der Waals surface area contributed by atoms with Crippen LogP contribution in [0.15, 0.2) is 46.0 Å². The van der Waals surface area contributed by atoms with Crippen molar-refractivity contribution in [3.63, 3.8) is 0 Å². The Bertz CT molecular complexity index is 1230. The minimum Gasteiger partial charge on any atom is -0.494 e. The van der Waals surface area contributed by atoms with Gasteiger partial charge in [0.25, 0.3) is 5.56 Å². The summed E-state index contributed by atoms with van der Waals surface area (Å²) in [5, 5.41) is 14.4. The van der Waals surface area contributed by atoms with E-state index in [0.29, 0.717) is 23.7 Å². The smallest absolute Gasteiger partial charge is 0.335 e. The fraction of sp³-hybridized carbons (Fsp3) is 0.304. The monoisotopic (exact) mass is 423 g/mol. The Balaban J connectivity index is 1.90. The number of ether oxygens (including phenoxy) is 2. The highest BCUT2D eigenvalue weighted by molar-refractivity contribution is 5.53. The second kappa shape index (κ2) is 8.31. The van der Waals surface area contributed by atoms with Crippen LogP contribution in [0.25, 0.3) is 5.69 Å². The van der Waals surface area contributed by atoms with Crippen molar-refractivity contribution in [1.29, 1.82) is 0 Å². The van der Waals surface area contributed by atoms with E-state index >= 15 is 0 Å². The number of aromatic nitrogens is 2. The molecule has 0 saturated heterocycles. The Morgan fingerprint density at radius 2 is 1.77 bits per heavy atom. The number of methoxy groups -OCH3 is 2. The number of H-pyrrole nitrogens is 1. The van der Waals surface area contributed by atoms with E-state index in [4.69, 9.17) is 9.47 Å². The zero-order valence-electron chi connectivity index (χ0n) is 17.7. The zero-order chi connectivity index (χ0) is 22.1. The van der Waals surface area contributed by atoms with Gasteiger partial charge >= 0.3 is 5.69 Å². The molecule has 1 aliphatic rings. The van der Waals surface area contributed by atoms with E-state index in [0.717, 1.165) is 34.1 Å². The molecule has 1 unspecified atom stereocenters. The molecular weight excluding hydrogens is 398 g/mol. The maximum absolute atomic E-state index is 12.8. The first-order valence-corrected chi connectivity index (χ1v) is 10.1. The van der Waals surface area contributed by atoms with Crippen molar-refractivity contribution in [1.82, 2.24) is 14.9 Å². The van der Waals surface area contributed by atoms with Crippen LogP contribution in [0.1, 0.15) is 35.2 Å². The highest BCUT2D eigenvalue weighted by Crippen LogP contribution is 2.38. The highest BCUT2D eigenvalue weighted by Gasteiger charge is 2.30. The molecule has 0 aliphatic carbocycles. The summed E-state index contributed by atoms with van der Waals surface area (Å²) in [6.45, 7) is 2.63. The first kappa shape index (κ1) is 20.7. The first-order chi connectivity index (χ1) is 15.0. The number of aryl methyl sites for hydroxylation is 1. The average Bonchev–Trinajstić information content (AvgIpc) is 2.78. The van der Waals surface area contributed by atoms with Crippen LogP contribution in [0.3, 0.4) is 0 Å². The van der Waals surface area contributed by atoms with Crippen molar-refractivity contribution < 1.29 is 14.6 Å². The van der Waals surface area contributed by atoms with Gasteiger partial charge in [-0.3, -0.25) is 9.78 Å². The molecule has 4 rings (SSSR count). The van der Waals surface area contributed by atoms with Crippen molar-refractivity contribution in [2.75, 3.05) is 20.8 Å². The highest BCUT2D eigenvalue weighted by atomic mass is 16.5. The fourth-order valence-electron chi connectivity index (χ4n) is 4.06. The second-order valence-electron chi connectivity index (χ2n) is 7.40. The van der Waals surface area contributed by atoms with Gasteiger partial charge in [-0.1, -0.05) is 19.1 Å². The summed E-state index contributed by atoms with van der Waals surface area (Å²) in [4.78, 5) is 27.7. The molecule has 31 heavy (non-hydrogen) atoms. The van der Waals surface area contributed by atoms with Crippen LogP contribution in [0.5, 0.6) is 17.4 Å². The molecule has 1 aromatic heterocycles. The summed E-state index contributed by atoms with van der Waals surface area (Å²) < 4.78 is 11.9. The molecule has 0 fully saturated rings. The molecule has 0 amide bonds. The molecule has 2 aromatic carbocycles. The summed E-state index contributed by atoms with van der Waals surface area (Å²) >= 11 is 0. The number of hydrogen-bond acceptors (Lipinski definition) is 6. The Morgan fingerprint density at radius 1 is 1.10 bits per heavy atom. The molecule has 8 nitrogen and oxygen atoms in total. The maximum Gasteiger partial charge on any atom is 0.335 e. The second-order valence-corrected chi connectivity index (χ2v) is 7.40. The number of fused-ring (bicyclic) bond motifs is 1. The third-order valence-corrected chi connectivity index (χ3v) is 5.71. The summed E-state index contributed by atoms with van der Waals surface area (Å²) in [6.07, 6.45) is 1.58. The van der Waals surface area contributed by atoms with Gasteiger partial charge in [0.05, 0.1) is 31.5 Å². The Hall–Kier alpha value is -3.52. The van der Waals surface area contributed by atoms with Crippen molar-refractivity contribution in [3.8, 4) is 23.1 Å². The Labute approximate surface area is 179 Å². The van der Waals surface area contributed by atoms with E-state index < -0.39 is 23.2 Å². The summed E-state index contributed by atoms with van der Waals surface area (Å²) in [5.74, 6) is 0.730. The minimum atomic E-state index is -0.696. The van der Waals surface area contributed by atoms with Crippen molar-refractivity contribution in [2.24, 2.45) is 0 Å². The third kappa shape index (κ3) is 3.59. The van der Waals surface area contributed by atoms with Gasteiger partial charge < -0.3 is 19.9 Å². The molecular formula is C23H25N3O5. The number of aromatic amines is 1. The number of aromatic hydroxyl groups is 1.